The summed E-state index contributed by atoms with van der Waals surface area (Å²) in [4.78, 5) is 12.9. The molecule has 0 aliphatic heterocycles. The second-order valence-corrected chi connectivity index (χ2v) is 8.76. The summed E-state index contributed by atoms with van der Waals surface area (Å²) in [5.74, 6) is 0.353. The van der Waals surface area contributed by atoms with E-state index in [9.17, 15) is 13.2 Å². The zero-order valence-electron chi connectivity index (χ0n) is 16.3. The van der Waals surface area contributed by atoms with Crippen molar-refractivity contribution in [2.75, 3.05) is 17.7 Å². The summed E-state index contributed by atoms with van der Waals surface area (Å²) in [6, 6.07) is 12.5. The lowest BCUT2D eigenvalue weighted by molar-refractivity contribution is -0.122. The number of anilines is 1. The van der Waals surface area contributed by atoms with Crippen molar-refractivity contribution in [1.82, 2.24) is 5.32 Å². The summed E-state index contributed by atoms with van der Waals surface area (Å²) in [6.45, 7) is 3.62. The van der Waals surface area contributed by atoms with Gasteiger partial charge in [-0.3, -0.25) is 9.10 Å². The van der Waals surface area contributed by atoms with E-state index in [2.05, 4.69) is 5.32 Å². The molecule has 28 heavy (non-hydrogen) atoms. The van der Waals surface area contributed by atoms with Gasteiger partial charge in [-0.15, -0.1) is 0 Å². The standard InChI is InChI=1S/C20H25ClN2O4S/c1-5-19(23(28(4,25)26)17-10-8-16(21)9-11-17)20(24)22-14(2)15-6-12-18(27-3)13-7-15/h6-14,19H,5H2,1-4H3,(H,22,24)/t14-,19-/m0/s1. The quantitative estimate of drug-likeness (QED) is 0.699. The van der Waals surface area contributed by atoms with E-state index in [4.69, 9.17) is 16.3 Å². The number of ether oxygens (including phenoxy) is 1. The van der Waals surface area contributed by atoms with Gasteiger partial charge in [0.25, 0.3) is 0 Å². The topological polar surface area (TPSA) is 75.7 Å². The molecule has 0 spiro atoms. The van der Waals surface area contributed by atoms with Crippen molar-refractivity contribution >= 4 is 33.2 Å². The zero-order valence-corrected chi connectivity index (χ0v) is 17.9. The molecule has 0 aromatic heterocycles. The predicted octanol–water partition coefficient (Wildman–Crippen LogP) is 3.77. The molecular formula is C20H25ClN2O4S. The third-order valence-corrected chi connectivity index (χ3v) is 5.82. The number of carbonyl (C=O) groups is 1. The highest BCUT2D eigenvalue weighted by Gasteiger charge is 2.32. The number of nitrogens with one attached hydrogen (secondary N) is 1. The molecule has 0 aliphatic carbocycles. The average Bonchev–Trinajstić information content (AvgIpc) is 2.66. The minimum atomic E-state index is -3.68. The molecule has 0 bridgehead atoms. The Kier molecular flexibility index (Phi) is 7.32. The highest BCUT2D eigenvalue weighted by atomic mass is 35.5. The Balaban J connectivity index is 2.26. The number of hydrogen-bond acceptors (Lipinski definition) is 4. The van der Waals surface area contributed by atoms with Crippen LogP contribution >= 0.6 is 11.6 Å². The van der Waals surface area contributed by atoms with Gasteiger partial charge >= 0.3 is 0 Å². The molecule has 0 radical (unpaired) electrons. The van der Waals surface area contributed by atoms with Crippen LogP contribution < -0.4 is 14.4 Å². The number of benzene rings is 2. The minimum absolute atomic E-state index is 0.293. The molecule has 2 atom stereocenters. The van der Waals surface area contributed by atoms with Crippen molar-refractivity contribution in [2.24, 2.45) is 0 Å². The van der Waals surface area contributed by atoms with Crippen LogP contribution in [-0.2, 0) is 14.8 Å². The van der Waals surface area contributed by atoms with E-state index in [1.807, 2.05) is 31.2 Å². The fourth-order valence-electron chi connectivity index (χ4n) is 2.93. The third kappa shape index (κ3) is 5.39. The highest BCUT2D eigenvalue weighted by molar-refractivity contribution is 7.92. The van der Waals surface area contributed by atoms with Gasteiger partial charge in [0.15, 0.2) is 0 Å². The Hall–Kier alpha value is -2.25. The van der Waals surface area contributed by atoms with Gasteiger partial charge in [-0.1, -0.05) is 30.7 Å². The van der Waals surface area contributed by atoms with Gasteiger partial charge in [0.1, 0.15) is 11.8 Å². The van der Waals surface area contributed by atoms with Gasteiger partial charge in [0.05, 0.1) is 25.1 Å². The first-order valence-corrected chi connectivity index (χ1v) is 11.1. The van der Waals surface area contributed by atoms with Crippen LogP contribution in [0.4, 0.5) is 5.69 Å². The molecule has 152 valence electrons. The minimum Gasteiger partial charge on any atom is -0.497 e. The summed E-state index contributed by atoms with van der Waals surface area (Å²) < 4.78 is 31.2. The number of sulfonamides is 1. The number of nitrogens with zero attached hydrogens (tertiary/aromatic N) is 1. The Morgan fingerprint density at radius 1 is 1.14 bits per heavy atom. The summed E-state index contributed by atoms with van der Waals surface area (Å²) in [5, 5.41) is 3.40. The smallest absolute Gasteiger partial charge is 0.244 e. The number of methoxy groups -OCH3 is 1. The number of hydrogen-bond donors (Lipinski definition) is 1. The van der Waals surface area contributed by atoms with Gasteiger partial charge in [0.2, 0.25) is 15.9 Å². The molecule has 0 aliphatic rings. The Morgan fingerprint density at radius 3 is 2.18 bits per heavy atom. The van der Waals surface area contributed by atoms with Crippen LogP contribution in [0.5, 0.6) is 5.75 Å². The zero-order chi connectivity index (χ0) is 20.9. The van der Waals surface area contributed by atoms with Gasteiger partial charge < -0.3 is 10.1 Å². The Labute approximate surface area is 171 Å². The van der Waals surface area contributed by atoms with E-state index in [-0.39, 0.29) is 11.9 Å². The first kappa shape index (κ1) is 22.0. The maximum Gasteiger partial charge on any atom is 0.244 e. The molecule has 2 rings (SSSR count). The highest BCUT2D eigenvalue weighted by Crippen LogP contribution is 2.25. The van der Waals surface area contributed by atoms with Gasteiger partial charge in [-0.05, 0) is 55.3 Å². The van der Waals surface area contributed by atoms with E-state index in [0.29, 0.717) is 17.1 Å². The second kappa shape index (κ2) is 9.30. The van der Waals surface area contributed by atoms with Crippen LogP contribution in [0.15, 0.2) is 48.5 Å². The normalized spacial score (nSPS) is 13.5. The van der Waals surface area contributed by atoms with Gasteiger partial charge in [0, 0.05) is 5.02 Å². The molecule has 2 aromatic carbocycles. The van der Waals surface area contributed by atoms with Crippen molar-refractivity contribution < 1.29 is 17.9 Å². The van der Waals surface area contributed by atoms with Gasteiger partial charge in [-0.2, -0.15) is 0 Å². The van der Waals surface area contributed by atoms with E-state index in [1.54, 1.807) is 38.3 Å². The molecule has 1 amide bonds. The number of amides is 1. The fraction of sp³-hybridized carbons (Fsp3) is 0.350. The molecule has 0 saturated carbocycles. The predicted molar refractivity (Wildman–Crippen MR) is 112 cm³/mol. The van der Waals surface area contributed by atoms with Gasteiger partial charge in [-0.25, -0.2) is 8.42 Å². The summed E-state index contributed by atoms with van der Waals surface area (Å²) in [5.41, 5.74) is 1.28. The van der Waals surface area contributed by atoms with Crippen molar-refractivity contribution in [3.05, 3.63) is 59.1 Å². The van der Waals surface area contributed by atoms with E-state index in [1.165, 1.54) is 0 Å². The van der Waals surface area contributed by atoms with Crippen LogP contribution in [0, 0.1) is 0 Å². The SMILES string of the molecule is CC[C@@H](C(=O)N[C@@H](C)c1ccc(OC)cc1)N(c1ccc(Cl)cc1)S(C)(=O)=O. The van der Waals surface area contributed by atoms with Crippen LogP contribution in [0.3, 0.4) is 0 Å². The molecular weight excluding hydrogens is 400 g/mol. The summed E-state index contributed by atoms with van der Waals surface area (Å²) in [7, 11) is -2.10. The maximum atomic E-state index is 12.9. The van der Waals surface area contributed by atoms with Crippen molar-refractivity contribution in [3.8, 4) is 5.75 Å². The molecule has 6 nitrogen and oxygen atoms in total. The Morgan fingerprint density at radius 2 is 1.71 bits per heavy atom. The van der Waals surface area contributed by atoms with E-state index < -0.39 is 16.1 Å². The average molecular weight is 425 g/mol. The lowest BCUT2D eigenvalue weighted by Crippen LogP contribution is -2.49. The first-order chi connectivity index (χ1) is 13.2. The number of halogens is 1. The Bertz CT molecular complexity index is 899. The summed E-state index contributed by atoms with van der Waals surface area (Å²) in [6.07, 6.45) is 1.40. The van der Waals surface area contributed by atoms with E-state index in [0.717, 1.165) is 21.9 Å². The summed E-state index contributed by atoms with van der Waals surface area (Å²) >= 11 is 5.91. The molecule has 0 saturated heterocycles. The molecule has 0 heterocycles. The molecule has 8 heteroatoms. The lowest BCUT2D eigenvalue weighted by atomic mass is 10.1. The van der Waals surface area contributed by atoms with Crippen molar-refractivity contribution in [2.45, 2.75) is 32.4 Å². The monoisotopic (exact) mass is 424 g/mol. The second-order valence-electron chi connectivity index (χ2n) is 6.46. The molecule has 0 fully saturated rings. The third-order valence-electron chi connectivity index (χ3n) is 4.39. The largest absolute Gasteiger partial charge is 0.497 e. The fourth-order valence-corrected chi connectivity index (χ4v) is 4.27. The maximum absolute atomic E-state index is 12.9. The van der Waals surface area contributed by atoms with Crippen LogP contribution in [0.2, 0.25) is 5.02 Å². The van der Waals surface area contributed by atoms with E-state index >= 15 is 0 Å². The van der Waals surface area contributed by atoms with Crippen LogP contribution in [-0.4, -0.2) is 33.7 Å². The number of carbonyl (C=O) groups excluding carboxylic acids is 1. The van der Waals surface area contributed by atoms with Crippen molar-refractivity contribution in [3.63, 3.8) is 0 Å². The van der Waals surface area contributed by atoms with Crippen LogP contribution in [0.1, 0.15) is 31.9 Å². The van der Waals surface area contributed by atoms with Crippen molar-refractivity contribution in [1.29, 1.82) is 0 Å². The van der Waals surface area contributed by atoms with Crippen LogP contribution in [0.25, 0.3) is 0 Å². The lowest BCUT2D eigenvalue weighted by Gasteiger charge is -2.31. The molecule has 1 N–H and O–H groups in total. The first-order valence-electron chi connectivity index (χ1n) is 8.86. The number of rotatable bonds is 8. The molecule has 2 aromatic rings. The molecule has 0 unspecified atom stereocenters.